The zero-order chi connectivity index (χ0) is 15.0. The number of morpholine rings is 1. The number of aliphatic imine (C=N–C) groups is 1. The van der Waals surface area contributed by atoms with Gasteiger partial charge in [-0.3, -0.25) is 9.89 Å². The van der Waals surface area contributed by atoms with Gasteiger partial charge in [0, 0.05) is 29.5 Å². The van der Waals surface area contributed by atoms with Gasteiger partial charge in [-0.1, -0.05) is 30.7 Å². The molecular formula is C17H23BrN2O2S. The Kier molecular flexibility index (Phi) is 5.48. The number of benzene rings is 1. The van der Waals surface area contributed by atoms with E-state index < -0.39 is 5.79 Å². The van der Waals surface area contributed by atoms with E-state index in [9.17, 15) is 5.11 Å². The van der Waals surface area contributed by atoms with E-state index in [1.165, 1.54) is 19.3 Å². The lowest BCUT2D eigenvalue weighted by Gasteiger charge is -2.46. The van der Waals surface area contributed by atoms with Gasteiger partial charge in [0.1, 0.15) is 0 Å². The second kappa shape index (κ2) is 7.23. The molecule has 0 spiro atoms. The van der Waals surface area contributed by atoms with Crippen molar-refractivity contribution in [2.24, 2.45) is 4.99 Å². The molecular weight excluding hydrogens is 376 g/mol. The predicted octanol–water partition coefficient (Wildman–Crippen LogP) is 2.79. The summed E-state index contributed by atoms with van der Waals surface area (Å²) in [6.45, 7) is 3.18. The number of piperidine rings is 1. The molecule has 2 saturated heterocycles. The Morgan fingerprint density at radius 3 is 2.83 bits per heavy atom. The Morgan fingerprint density at radius 2 is 2.09 bits per heavy atom. The second-order valence-corrected chi connectivity index (χ2v) is 7.41. The third kappa shape index (κ3) is 3.51. The fourth-order valence-corrected chi connectivity index (χ4v) is 4.43. The summed E-state index contributed by atoms with van der Waals surface area (Å²) in [5, 5.41) is 12.0. The molecule has 2 atom stereocenters. The van der Waals surface area contributed by atoms with E-state index in [4.69, 9.17) is 4.74 Å². The molecule has 4 rings (SSSR count). The maximum absolute atomic E-state index is 10.9. The van der Waals surface area contributed by atoms with Crippen molar-refractivity contribution >= 4 is 33.8 Å². The highest BCUT2D eigenvalue weighted by atomic mass is 79.9. The molecule has 0 aliphatic carbocycles. The zero-order valence-corrected chi connectivity index (χ0v) is 15.6. The fraction of sp³-hybridized carbons (Fsp3) is 0.588. The molecule has 23 heavy (non-hydrogen) atoms. The maximum Gasteiger partial charge on any atom is 0.205 e. The molecule has 6 heteroatoms. The molecule has 2 fully saturated rings. The minimum Gasteiger partial charge on any atom is -0.361 e. The normalized spacial score (nSPS) is 31.2. The Bertz CT molecular complexity index is 580. The van der Waals surface area contributed by atoms with Crippen LogP contribution < -0.4 is 0 Å². The van der Waals surface area contributed by atoms with Crippen LogP contribution in [0.4, 0.5) is 0 Å². The average molecular weight is 399 g/mol. The smallest absolute Gasteiger partial charge is 0.205 e. The van der Waals surface area contributed by atoms with E-state index in [2.05, 4.69) is 22.0 Å². The second-order valence-electron chi connectivity index (χ2n) is 6.33. The average Bonchev–Trinajstić information content (AvgIpc) is 3.09. The summed E-state index contributed by atoms with van der Waals surface area (Å²) in [6.07, 6.45) is 3.69. The molecule has 1 aromatic rings. The van der Waals surface area contributed by atoms with Gasteiger partial charge in [-0.05, 0) is 19.4 Å². The molecule has 0 saturated carbocycles. The monoisotopic (exact) mass is 398 g/mol. The van der Waals surface area contributed by atoms with E-state index in [0.717, 1.165) is 35.0 Å². The Hall–Kier alpha value is -0.400. The lowest BCUT2D eigenvalue weighted by atomic mass is 9.96. The summed E-state index contributed by atoms with van der Waals surface area (Å²) in [4.78, 5) is 6.88. The van der Waals surface area contributed by atoms with Gasteiger partial charge in [-0.25, -0.2) is 0 Å². The summed E-state index contributed by atoms with van der Waals surface area (Å²) in [6, 6.07) is 8.56. The largest absolute Gasteiger partial charge is 0.361 e. The molecule has 1 aromatic carbocycles. The highest BCUT2D eigenvalue weighted by Gasteiger charge is 2.41. The Morgan fingerprint density at radius 1 is 1.26 bits per heavy atom. The van der Waals surface area contributed by atoms with Gasteiger partial charge in [0.15, 0.2) is 0 Å². The van der Waals surface area contributed by atoms with E-state index in [1.807, 2.05) is 12.1 Å². The van der Waals surface area contributed by atoms with Gasteiger partial charge in [-0.15, -0.1) is 28.7 Å². The lowest BCUT2D eigenvalue weighted by molar-refractivity contribution is -0.264. The van der Waals surface area contributed by atoms with Crippen molar-refractivity contribution in [3.8, 4) is 0 Å². The van der Waals surface area contributed by atoms with Gasteiger partial charge in [0.2, 0.25) is 5.79 Å². The predicted molar refractivity (Wildman–Crippen MR) is 99.7 cm³/mol. The zero-order valence-electron chi connectivity index (χ0n) is 13.1. The number of hydrogen-bond donors (Lipinski definition) is 1. The Labute approximate surface area is 152 Å². The molecule has 3 aliphatic rings. The van der Waals surface area contributed by atoms with Crippen LogP contribution in [0, 0.1) is 0 Å². The number of nitrogens with zero attached hydrogens (tertiary/aromatic N) is 2. The van der Waals surface area contributed by atoms with Crippen LogP contribution in [0.5, 0.6) is 0 Å². The third-order valence-electron chi connectivity index (χ3n) is 4.85. The van der Waals surface area contributed by atoms with Crippen LogP contribution in [-0.4, -0.2) is 53.1 Å². The van der Waals surface area contributed by atoms with E-state index in [0.29, 0.717) is 19.2 Å². The number of halogens is 1. The van der Waals surface area contributed by atoms with E-state index >= 15 is 0 Å². The Balaban J connectivity index is 0.00000156. The number of fused-ring (bicyclic) bond motifs is 1. The van der Waals surface area contributed by atoms with Crippen LogP contribution >= 0.6 is 28.7 Å². The van der Waals surface area contributed by atoms with Gasteiger partial charge in [-0.2, -0.15) is 0 Å². The number of thioether (sulfide) groups is 1. The summed E-state index contributed by atoms with van der Waals surface area (Å²) < 4.78 is 5.86. The minimum absolute atomic E-state index is 0. The van der Waals surface area contributed by atoms with Gasteiger partial charge in [0.05, 0.1) is 18.2 Å². The molecule has 0 bridgehead atoms. The number of rotatable bonds is 2. The molecule has 126 valence electrons. The van der Waals surface area contributed by atoms with Crippen LogP contribution in [-0.2, 0) is 10.5 Å². The lowest BCUT2D eigenvalue weighted by Crippen LogP contribution is -2.56. The molecule has 4 nitrogen and oxygen atoms in total. The van der Waals surface area contributed by atoms with Crippen molar-refractivity contribution < 1.29 is 9.84 Å². The quantitative estimate of drug-likeness (QED) is 0.831. The summed E-state index contributed by atoms with van der Waals surface area (Å²) >= 11 is 1.80. The number of hydrogen-bond acceptors (Lipinski definition) is 5. The number of ether oxygens (including phenoxy) is 1. The van der Waals surface area contributed by atoms with E-state index in [1.54, 1.807) is 11.8 Å². The van der Waals surface area contributed by atoms with Gasteiger partial charge < -0.3 is 9.84 Å². The van der Waals surface area contributed by atoms with Crippen molar-refractivity contribution in [2.45, 2.75) is 31.1 Å². The van der Waals surface area contributed by atoms with Crippen molar-refractivity contribution in [1.29, 1.82) is 0 Å². The highest BCUT2D eigenvalue weighted by Crippen LogP contribution is 2.33. The van der Waals surface area contributed by atoms with Crippen LogP contribution in [0.15, 0.2) is 29.3 Å². The fourth-order valence-electron chi connectivity index (χ4n) is 3.57. The maximum atomic E-state index is 10.9. The first-order valence-electron chi connectivity index (χ1n) is 8.13. The molecule has 3 heterocycles. The van der Waals surface area contributed by atoms with Crippen molar-refractivity contribution in [3.05, 3.63) is 35.4 Å². The van der Waals surface area contributed by atoms with Crippen molar-refractivity contribution in [1.82, 2.24) is 4.90 Å². The highest BCUT2D eigenvalue weighted by molar-refractivity contribution is 8.93. The molecule has 0 amide bonds. The first kappa shape index (κ1) is 17.4. The molecule has 2 unspecified atom stereocenters. The molecule has 3 aliphatic heterocycles. The van der Waals surface area contributed by atoms with Gasteiger partial charge in [0.25, 0.3) is 0 Å². The summed E-state index contributed by atoms with van der Waals surface area (Å²) in [5.41, 5.74) is 1.99. The number of aliphatic hydroxyl groups is 1. The molecule has 0 aromatic heterocycles. The van der Waals surface area contributed by atoms with Crippen LogP contribution in [0.3, 0.4) is 0 Å². The summed E-state index contributed by atoms with van der Waals surface area (Å²) in [5.74, 6) is -0.0997. The van der Waals surface area contributed by atoms with Crippen LogP contribution in [0.2, 0.25) is 0 Å². The van der Waals surface area contributed by atoms with E-state index in [-0.39, 0.29) is 17.0 Å². The molecule has 0 radical (unpaired) electrons. The standard InChI is InChI=1S/C17H22N2O2S.BrH/c20-17(12-19-9-2-1-3-15(19)11-21-17)14-6-4-13(5-7-14)16-18-8-10-22-16;/h4-7,15,20H,1-3,8-12H2;1H. The van der Waals surface area contributed by atoms with Crippen LogP contribution in [0.1, 0.15) is 30.4 Å². The van der Waals surface area contributed by atoms with Crippen molar-refractivity contribution in [2.75, 3.05) is 32.0 Å². The third-order valence-corrected chi connectivity index (χ3v) is 5.87. The molecule has 1 N–H and O–H groups in total. The van der Waals surface area contributed by atoms with Crippen molar-refractivity contribution in [3.63, 3.8) is 0 Å². The van der Waals surface area contributed by atoms with Gasteiger partial charge >= 0.3 is 0 Å². The first-order chi connectivity index (χ1) is 10.7. The summed E-state index contributed by atoms with van der Waals surface area (Å²) in [7, 11) is 0. The first-order valence-corrected chi connectivity index (χ1v) is 9.12. The SMILES string of the molecule is Br.OC1(c2ccc(C3=NCCS3)cc2)CN2CCCCC2CO1. The topological polar surface area (TPSA) is 45.1 Å². The minimum atomic E-state index is -1.17. The van der Waals surface area contributed by atoms with Crippen LogP contribution in [0.25, 0.3) is 0 Å².